The number of hydrogen-bond donors (Lipinski definition) is 1. The number of ether oxygens (including phenoxy) is 1. The second kappa shape index (κ2) is 5.51. The second-order valence-electron chi connectivity index (χ2n) is 4.03. The lowest BCUT2D eigenvalue weighted by molar-refractivity contribution is 0.0689. The summed E-state index contributed by atoms with van der Waals surface area (Å²) in [6.45, 7) is 4.61. The fourth-order valence-electron chi connectivity index (χ4n) is 1.80. The van der Waals surface area contributed by atoms with Crippen molar-refractivity contribution < 1.29 is 14.6 Å². The molecule has 0 aliphatic heterocycles. The van der Waals surface area contributed by atoms with Gasteiger partial charge in [-0.05, 0) is 19.9 Å². The van der Waals surface area contributed by atoms with Crippen molar-refractivity contribution in [1.82, 2.24) is 15.0 Å². The molecule has 6 heteroatoms. The van der Waals surface area contributed by atoms with Gasteiger partial charge in [-0.1, -0.05) is 23.4 Å². The Bertz CT molecular complexity index is 593. The summed E-state index contributed by atoms with van der Waals surface area (Å²) in [6, 6.07) is 7.60. The lowest BCUT2D eigenvalue weighted by atomic mass is 10.2. The molecule has 0 spiro atoms. The summed E-state index contributed by atoms with van der Waals surface area (Å²) in [5, 5.41) is 16.5. The molecule has 100 valence electrons. The minimum atomic E-state index is -1.07. The highest BCUT2D eigenvalue weighted by Crippen LogP contribution is 2.19. The summed E-state index contributed by atoms with van der Waals surface area (Å²) in [5.74, 6) is -0.293. The Kier molecular flexibility index (Phi) is 3.79. The average Bonchev–Trinajstić information content (AvgIpc) is 2.74. The largest absolute Gasteiger partial charge is 0.494 e. The lowest BCUT2D eigenvalue weighted by Gasteiger charge is -2.10. The molecule has 0 saturated heterocycles. The van der Waals surface area contributed by atoms with E-state index in [1.807, 2.05) is 31.2 Å². The van der Waals surface area contributed by atoms with Crippen LogP contribution in [0.3, 0.4) is 0 Å². The van der Waals surface area contributed by atoms with Gasteiger partial charge in [0.1, 0.15) is 5.75 Å². The third-order valence-electron chi connectivity index (χ3n) is 2.78. The monoisotopic (exact) mass is 261 g/mol. The van der Waals surface area contributed by atoms with Gasteiger partial charge in [0.15, 0.2) is 5.69 Å². The highest BCUT2D eigenvalue weighted by molar-refractivity contribution is 5.86. The number of carbonyl (C=O) groups is 1. The molecule has 2 aromatic rings. The first-order valence-corrected chi connectivity index (χ1v) is 5.97. The topological polar surface area (TPSA) is 77.2 Å². The van der Waals surface area contributed by atoms with Crippen molar-refractivity contribution in [3.63, 3.8) is 0 Å². The van der Waals surface area contributed by atoms with Gasteiger partial charge in [0.25, 0.3) is 0 Å². The van der Waals surface area contributed by atoms with E-state index in [0.717, 1.165) is 11.3 Å². The van der Waals surface area contributed by atoms with Crippen molar-refractivity contribution in [1.29, 1.82) is 0 Å². The van der Waals surface area contributed by atoms with E-state index in [1.54, 1.807) is 11.6 Å². The van der Waals surface area contributed by atoms with E-state index in [2.05, 4.69) is 10.3 Å². The van der Waals surface area contributed by atoms with Crippen LogP contribution in [0, 0.1) is 6.92 Å². The summed E-state index contributed by atoms with van der Waals surface area (Å²) in [5.41, 5.74) is 1.45. The Morgan fingerprint density at radius 1 is 1.42 bits per heavy atom. The van der Waals surface area contributed by atoms with Crippen LogP contribution < -0.4 is 4.74 Å². The first-order chi connectivity index (χ1) is 9.13. The third kappa shape index (κ3) is 2.73. The zero-order chi connectivity index (χ0) is 13.8. The minimum Gasteiger partial charge on any atom is -0.494 e. The smallest absolute Gasteiger partial charge is 0.358 e. The summed E-state index contributed by atoms with van der Waals surface area (Å²) >= 11 is 0. The summed E-state index contributed by atoms with van der Waals surface area (Å²) in [4.78, 5) is 10.9. The van der Waals surface area contributed by atoms with Crippen molar-refractivity contribution in [2.24, 2.45) is 0 Å². The molecule has 2 rings (SSSR count). The number of carboxylic acid groups (broad SMARTS) is 1. The SMILES string of the molecule is CCOc1ccccc1Cn1nnc(C(=O)O)c1C. The number of aromatic nitrogens is 3. The predicted octanol–water partition coefficient (Wildman–Crippen LogP) is 1.73. The quantitative estimate of drug-likeness (QED) is 0.886. The van der Waals surface area contributed by atoms with Crippen LogP contribution in [-0.2, 0) is 6.54 Å². The number of rotatable bonds is 5. The van der Waals surface area contributed by atoms with Gasteiger partial charge in [0, 0.05) is 5.56 Å². The first kappa shape index (κ1) is 13.1. The van der Waals surface area contributed by atoms with Crippen LogP contribution in [0.4, 0.5) is 0 Å². The van der Waals surface area contributed by atoms with E-state index in [4.69, 9.17) is 9.84 Å². The van der Waals surface area contributed by atoms with Gasteiger partial charge in [-0.15, -0.1) is 5.10 Å². The van der Waals surface area contributed by atoms with E-state index >= 15 is 0 Å². The molecule has 0 saturated carbocycles. The molecule has 19 heavy (non-hydrogen) atoms. The Morgan fingerprint density at radius 3 is 2.79 bits per heavy atom. The van der Waals surface area contributed by atoms with Gasteiger partial charge in [-0.3, -0.25) is 0 Å². The molecule has 0 unspecified atom stereocenters. The molecule has 1 heterocycles. The van der Waals surface area contributed by atoms with Gasteiger partial charge >= 0.3 is 5.97 Å². The summed E-state index contributed by atoms with van der Waals surface area (Å²) in [6.07, 6.45) is 0. The Morgan fingerprint density at radius 2 is 2.16 bits per heavy atom. The normalized spacial score (nSPS) is 10.4. The van der Waals surface area contributed by atoms with Crippen LogP contribution >= 0.6 is 0 Å². The predicted molar refractivity (Wildman–Crippen MR) is 68.4 cm³/mol. The van der Waals surface area contributed by atoms with Crippen molar-refractivity contribution >= 4 is 5.97 Å². The number of hydrogen-bond acceptors (Lipinski definition) is 4. The van der Waals surface area contributed by atoms with Crippen LogP contribution in [0.2, 0.25) is 0 Å². The van der Waals surface area contributed by atoms with Crippen LogP contribution in [0.1, 0.15) is 28.7 Å². The molecule has 0 aliphatic carbocycles. The summed E-state index contributed by atoms with van der Waals surface area (Å²) in [7, 11) is 0. The molecule has 0 bridgehead atoms. The maximum Gasteiger partial charge on any atom is 0.358 e. The lowest BCUT2D eigenvalue weighted by Crippen LogP contribution is -2.07. The minimum absolute atomic E-state index is 0.0195. The first-order valence-electron chi connectivity index (χ1n) is 5.97. The standard InChI is InChI=1S/C13H15N3O3/c1-3-19-11-7-5-4-6-10(11)8-16-9(2)12(13(17)18)14-15-16/h4-7H,3,8H2,1-2H3,(H,17,18). The van der Waals surface area contributed by atoms with E-state index in [0.29, 0.717) is 18.8 Å². The molecular formula is C13H15N3O3. The Balaban J connectivity index is 2.29. The van der Waals surface area contributed by atoms with Crippen LogP contribution in [-0.4, -0.2) is 32.7 Å². The zero-order valence-electron chi connectivity index (χ0n) is 10.8. The van der Waals surface area contributed by atoms with Crippen LogP contribution in [0.5, 0.6) is 5.75 Å². The number of benzene rings is 1. The van der Waals surface area contributed by atoms with Gasteiger partial charge in [-0.25, -0.2) is 9.48 Å². The number of nitrogens with zero attached hydrogens (tertiary/aromatic N) is 3. The fourth-order valence-corrected chi connectivity index (χ4v) is 1.80. The van der Waals surface area contributed by atoms with E-state index < -0.39 is 5.97 Å². The van der Waals surface area contributed by atoms with Crippen LogP contribution in [0.15, 0.2) is 24.3 Å². The molecule has 0 atom stereocenters. The molecule has 0 radical (unpaired) electrons. The summed E-state index contributed by atoms with van der Waals surface area (Å²) < 4.78 is 7.08. The van der Waals surface area contributed by atoms with Gasteiger partial charge in [0.2, 0.25) is 0 Å². The molecule has 1 N–H and O–H groups in total. The molecular weight excluding hydrogens is 246 g/mol. The Hall–Kier alpha value is -2.37. The fraction of sp³-hybridized carbons (Fsp3) is 0.308. The Labute approximate surface area is 110 Å². The molecule has 1 aromatic heterocycles. The zero-order valence-corrected chi connectivity index (χ0v) is 10.8. The molecule has 0 fully saturated rings. The van der Waals surface area contributed by atoms with Crippen LogP contribution in [0.25, 0.3) is 0 Å². The molecule has 0 amide bonds. The number of para-hydroxylation sites is 1. The maximum atomic E-state index is 10.9. The average molecular weight is 261 g/mol. The van der Waals surface area contributed by atoms with Crippen molar-refractivity contribution in [3.05, 3.63) is 41.2 Å². The van der Waals surface area contributed by atoms with E-state index in [9.17, 15) is 4.79 Å². The molecule has 1 aromatic carbocycles. The van der Waals surface area contributed by atoms with Gasteiger partial charge < -0.3 is 9.84 Å². The highest BCUT2D eigenvalue weighted by atomic mass is 16.5. The van der Waals surface area contributed by atoms with Crippen molar-refractivity contribution in [2.75, 3.05) is 6.61 Å². The molecule has 0 aliphatic rings. The van der Waals surface area contributed by atoms with Crippen molar-refractivity contribution in [2.45, 2.75) is 20.4 Å². The van der Waals surface area contributed by atoms with E-state index in [-0.39, 0.29) is 5.69 Å². The number of carboxylic acids is 1. The van der Waals surface area contributed by atoms with Gasteiger partial charge in [-0.2, -0.15) is 0 Å². The molecule has 6 nitrogen and oxygen atoms in total. The maximum absolute atomic E-state index is 10.9. The second-order valence-corrected chi connectivity index (χ2v) is 4.03. The number of aromatic carboxylic acids is 1. The highest BCUT2D eigenvalue weighted by Gasteiger charge is 2.15. The van der Waals surface area contributed by atoms with E-state index in [1.165, 1.54) is 0 Å². The van der Waals surface area contributed by atoms with Gasteiger partial charge in [0.05, 0.1) is 18.8 Å². The van der Waals surface area contributed by atoms with Crippen molar-refractivity contribution in [3.8, 4) is 5.75 Å². The third-order valence-corrected chi connectivity index (χ3v) is 2.78.